The minimum Gasteiger partial charge on any atom is -0.383 e. The number of amidine groups is 1. The molecule has 0 bridgehead atoms. The van der Waals surface area contributed by atoms with Gasteiger partial charge in [0.1, 0.15) is 5.82 Å². The van der Waals surface area contributed by atoms with Crippen LogP contribution in [0.25, 0.3) is 0 Å². The second-order valence-electron chi connectivity index (χ2n) is 4.30. The van der Waals surface area contributed by atoms with Gasteiger partial charge < -0.3 is 11.5 Å². The maximum atomic E-state index is 12.8. The number of nitrogens with two attached hydrogens (primary N) is 2. The Balaban J connectivity index is 0. The van der Waals surface area contributed by atoms with Gasteiger partial charge in [0.15, 0.2) is 5.84 Å². The van der Waals surface area contributed by atoms with E-state index in [1.54, 1.807) is 0 Å². The fourth-order valence-corrected chi connectivity index (χ4v) is 1.39. The Morgan fingerprint density at radius 3 is 1.67 bits per heavy atom. The number of hydrogen-bond donors (Lipinski definition) is 3. The van der Waals surface area contributed by atoms with Crippen LogP contribution in [0.15, 0.2) is 6.20 Å². The van der Waals surface area contributed by atoms with E-state index >= 15 is 0 Å². The van der Waals surface area contributed by atoms with Crippen molar-refractivity contribution < 1.29 is 43.9 Å². The molecular formula is C10H9Br2F10N5. The molecule has 5 nitrogen and oxygen atoms in total. The first-order valence-corrected chi connectivity index (χ1v) is 6.93. The number of aromatic nitrogens is 2. The van der Waals surface area contributed by atoms with Crippen LogP contribution in [0.4, 0.5) is 49.7 Å². The molecule has 1 aromatic heterocycles. The Bertz CT molecular complexity index is 646. The molecule has 0 atom stereocenters. The summed E-state index contributed by atoms with van der Waals surface area (Å²) in [6.07, 6.45) is -10.7. The highest BCUT2D eigenvalue weighted by Crippen LogP contribution is 2.42. The summed E-state index contributed by atoms with van der Waals surface area (Å²) in [5.74, 6) is -14.6. The van der Waals surface area contributed by atoms with Crippen LogP contribution in [0.2, 0.25) is 0 Å². The molecule has 1 heterocycles. The number of nitrogens with one attached hydrogen (secondary N) is 1. The van der Waals surface area contributed by atoms with E-state index in [2.05, 4.69) is 31.6 Å². The van der Waals surface area contributed by atoms with Crippen molar-refractivity contribution in [1.82, 2.24) is 9.97 Å². The number of nitrogens with zero attached hydrogens (tertiary/aromatic N) is 2. The van der Waals surface area contributed by atoms with E-state index in [0.29, 0.717) is 0 Å². The first-order valence-electron chi connectivity index (χ1n) is 5.81. The van der Waals surface area contributed by atoms with Crippen LogP contribution < -0.4 is 11.5 Å². The topological polar surface area (TPSA) is 102 Å². The summed E-state index contributed by atoms with van der Waals surface area (Å²) in [6, 6.07) is 0. The third kappa shape index (κ3) is 6.62. The fraction of sp³-hybridized carbons (Fsp3) is 0.500. The van der Waals surface area contributed by atoms with E-state index in [1.165, 1.54) is 0 Å². The predicted octanol–water partition coefficient (Wildman–Crippen LogP) is 4.31. The normalized spacial score (nSPS) is 12.6. The molecule has 158 valence electrons. The minimum atomic E-state index is -5.77. The fourth-order valence-electron chi connectivity index (χ4n) is 0.954. The molecule has 27 heavy (non-hydrogen) atoms. The largest absolute Gasteiger partial charge is 0.461 e. The smallest absolute Gasteiger partial charge is 0.383 e. The predicted molar refractivity (Wildman–Crippen MR) is 82.3 cm³/mol. The molecule has 0 unspecified atom stereocenters. The summed E-state index contributed by atoms with van der Waals surface area (Å²) in [5, 5.41) is 6.02. The lowest BCUT2D eigenvalue weighted by Gasteiger charge is -2.18. The van der Waals surface area contributed by atoms with Crippen LogP contribution in [0.1, 0.15) is 11.4 Å². The molecular weight excluding hydrogens is 540 g/mol. The zero-order chi connectivity index (χ0) is 21.1. The van der Waals surface area contributed by atoms with Crippen LogP contribution in [0, 0.1) is 5.41 Å². The van der Waals surface area contributed by atoms with Crippen LogP contribution in [0.5, 0.6) is 0 Å². The molecule has 0 radical (unpaired) electrons. The first kappa shape index (κ1) is 27.8. The lowest BCUT2D eigenvalue weighted by Crippen LogP contribution is -2.47. The average molecular weight is 549 g/mol. The van der Waals surface area contributed by atoms with Gasteiger partial charge in [-0.15, -0.1) is 17.0 Å². The van der Waals surface area contributed by atoms with Gasteiger partial charge in [0.25, 0.3) is 0 Å². The van der Waals surface area contributed by atoms with Crippen molar-refractivity contribution >= 4 is 44.6 Å². The summed E-state index contributed by atoms with van der Waals surface area (Å²) in [7, 11) is 0. The van der Waals surface area contributed by atoms with Gasteiger partial charge >= 0.3 is 24.2 Å². The molecule has 0 amide bonds. The molecule has 5 N–H and O–H groups in total. The molecule has 0 fully saturated rings. The molecule has 0 aliphatic rings. The zero-order valence-electron chi connectivity index (χ0n) is 12.4. The molecule has 0 aromatic carbocycles. The number of halogens is 12. The third-order valence-corrected chi connectivity index (χ3v) is 2.98. The molecule has 0 spiro atoms. The van der Waals surface area contributed by atoms with Gasteiger partial charge in [0.05, 0.1) is 0 Å². The standard InChI is InChI=1S/C7H5BrF5N3.C3H3F5N2.BrH/c8-1-3-2-15-5(16-4(3)14)6(9,10)7(11,12)13;4-2(5,1(9)10)3(6,7)8;/h2H,1H2,(H2,14,15,16);(H3,9,10);1H. The van der Waals surface area contributed by atoms with E-state index in [9.17, 15) is 43.9 Å². The second-order valence-corrected chi connectivity index (χ2v) is 4.86. The summed E-state index contributed by atoms with van der Waals surface area (Å²) in [5.41, 5.74) is 9.40. The first-order chi connectivity index (χ1) is 11.4. The monoisotopic (exact) mass is 547 g/mol. The SMILES string of the molecule is Br.N=C(N)C(F)(F)C(F)(F)F.Nc1nc(C(F)(F)C(F)(F)F)ncc1CBr. The van der Waals surface area contributed by atoms with Crippen molar-refractivity contribution in [3.05, 3.63) is 17.6 Å². The lowest BCUT2D eigenvalue weighted by molar-refractivity contribution is -0.292. The quantitative estimate of drug-likeness (QED) is 0.227. The zero-order valence-corrected chi connectivity index (χ0v) is 15.7. The van der Waals surface area contributed by atoms with Gasteiger partial charge in [-0.2, -0.15) is 43.9 Å². The molecule has 0 aliphatic heterocycles. The summed E-state index contributed by atoms with van der Waals surface area (Å²) in [4.78, 5) is 5.91. The maximum Gasteiger partial charge on any atom is 0.461 e. The van der Waals surface area contributed by atoms with E-state index < -0.39 is 41.7 Å². The lowest BCUT2D eigenvalue weighted by atomic mass is 10.3. The van der Waals surface area contributed by atoms with Crippen molar-refractivity contribution in [3.8, 4) is 0 Å². The molecule has 0 aliphatic carbocycles. The van der Waals surface area contributed by atoms with Crippen LogP contribution >= 0.6 is 32.9 Å². The Kier molecular flexibility index (Phi) is 9.48. The number of hydrogen-bond acceptors (Lipinski definition) is 4. The van der Waals surface area contributed by atoms with Crippen molar-refractivity contribution in [2.75, 3.05) is 5.73 Å². The van der Waals surface area contributed by atoms with Gasteiger partial charge in [-0.1, -0.05) is 15.9 Å². The van der Waals surface area contributed by atoms with Gasteiger partial charge in [0.2, 0.25) is 5.82 Å². The Hall–Kier alpha value is -1.39. The number of anilines is 1. The highest BCUT2D eigenvalue weighted by Gasteiger charge is 2.61. The van der Waals surface area contributed by atoms with Crippen molar-refractivity contribution in [2.45, 2.75) is 29.5 Å². The van der Waals surface area contributed by atoms with Crippen LogP contribution in [-0.4, -0.2) is 34.1 Å². The molecule has 0 saturated carbocycles. The number of nitrogen functional groups attached to an aromatic ring is 1. The van der Waals surface area contributed by atoms with E-state index in [-0.39, 0.29) is 27.9 Å². The molecule has 0 saturated heterocycles. The van der Waals surface area contributed by atoms with Gasteiger partial charge in [-0.3, -0.25) is 5.41 Å². The van der Waals surface area contributed by atoms with E-state index in [0.717, 1.165) is 6.20 Å². The van der Waals surface area contributed by atoms with Crippen molar-refractivity contribution in [1.29, 1.82) is 5.41 Å². The van der Waals surface area contributed by atoms with Gasteiger partial charge in [-0.05, 0) is 0 Å². The number of rotatable bonds is 3. The highest BCUT2D eigenvalue weighted by atomic mass is 79.9. The summed E-state index contributed by atoms with van der Waals surface area (Å²) < 4.78 is 118. The molecule has 17 heteroatoms. The highest BCUT2D eigenvalue weighted by molar-refractivity contribution is 9.08. The summed E-state index contributed by atoms with van der Waals surface area (Å²) in [6.45, 7) is 0. The van der Waals surface area contributed by atoms with Crippen molar-refractivity contribution in [3.63, 3.8) is 0 Å². The number of alkyl halides is 11. The second kappa shape index (κ2) is 9.20. The van der Waals surface area contributed by atoms with E-state index in [4.69, 9.17) is 11.1 Å². The Morgan fingerprint density at radius 2 is 1.44 bits per heavy atom. The van der Waals surface area contributed by atoms with Crippen molar-refractivity contribution in [2.24, 2.45) is 5.73 Å². The molecule has 1 aromatic rings. The van der Waals surface area contributed by atoms with Crippen LogP contribution in [0.3, 0.4) is 0 Å². The van der Waals surface area contributed by atoms with Crippen LogP contribution in [-0.2, 0) is 11.3 Å². The minimum absolute atomic E-state index is 0. The Labute approximate surface area is 162 Å². The summed E-state index contributed by atoms with van der Waals surface area (Å²) >= 11 is 2.95. The van der Waals surface area contributed by atoms with E-state index in [1.807, 2.05) is 0 Å². The maximum absolute atomic E-state index is 12.8. The molecule has 1 rings (SSSR count). The third-order valence-electron chi connectivity index (χ3n) is 2.37. The van der Waals surface area contributed by atoms with Gasteiger partial charge in [-0.25, -0.2) is 9.97 Å². The average Bonchev–Trinajstić information content (AvgIpc) is 2.45. The van der Waals surface area contributed by atoms with Gasteiger partial charge in [0, 0.05) is 17.1 Å². The Morgan fingerprint density at radius 1 is 1.00 bits per heavy atom.